The second-order valence-corrected chi connectivity index (χ2v) is 9.14. The van der Waals surface area contributed by atoms with Crippen molar-refractivity contribution in [3.8, 4) is 5.75 Å². The van der Waals surface area contributed by atoms with Crippen molar-refractivity contribution in [1.82, 2.24) is 0 Å². The standard InChI is InChI=1S/C28H23ClFNO4/c1-35-21-11-8-17(9-12-21)25-24(26(32)19-7-6-16-4-2-3-5-18(16)14-19)27(33)28(34)31(25)20-10-13-23(30)22(29)15-20/h6-15,25,32H,2-5H2,1H3/b26-24-. The zero-order valence-corrected chi connectivity index (χ0v) is 19.8. The molecule has 5 rings (SSSR count). The van der Waals surface area contributed by atoms with Crippen LogP contribution in [0, 0.1) is 5.82 Å². The number of carbonyl (C=O) groups excluding carboxylic acids is 2. The summed E-state index contributed by atoms with van der Waals surface area (Å²) in [5.41, 5.74) is 3.67. The van der Waals surface area contributed by atoms with Crippen LogP contribution in [0.5, 0.6) is 5.75 Å². The number of aryl methyl sites for hydroxylation is 2. The third-order valence-electron chi connectivity index (χ3n) is 6.68. The van der Waals surface area contributed by atoms with Crippen LogP contribution in [0.1, 0.15) is 41.1 Å². The molecule has 0 aromatic heterocycles. The topological polar surface area (TPSA) is 66.8 Å². The first kappa shape index (κ1) is 23.1. The highest BCUT2D eigenvalue weighted by Gasteiger charge is 2.47. The number of anilines is 1. The Morgan fingerprint density at radius 3 is 2.40 bits per heavy atom. The van der Waals surface area contributed by atoms with E-state index in [1.807, 2.05) is 12.1 Å². The number of amides is 1. The van der Waals surface area contributed by atoms with Gasteiger partial charge in [0.15, 0.2) is 0 Å². The lowest BCUT2D eigenvalue weighted by atomic mass is 9.88. The van der Waals surface area contributed by atoms with Gasteiger partial charge in [-0.1, -0.05) is 35.9 Å². The molecule has 1 fully saturated rings. The fraction of sp³-hybridized carbons (Fsp3) is 0.214. The van der Waals surface area contributed by atoms with Gasteiger partial charge in [0.2, 0.25) is 0 Å². The van der Waals surface area contributed by atoms with E-state index in [0.29, 0.717) is 16.9 Å². The largest absolute Gasteiger partial charge is 0.507 e. The fourth-order valence-electron chi connectivity index (χ4n) is 4.87. The highest BCUT2D eigenvalue weighted by atomic mass is 35.5. The molecule has 5 nitrogen and oxygen atoms in total. The summed E-state index contributed by atoms with van der Waals surface area (Å²) in [6, 6.07) is 15.5. The van der Waals surface area contributed by atoms with Crippen molar-refractivity contribution in [2.24, 2.45) is 0 Å². The third kappa shape index (κ3) is 4.08. The van der Waals surface area contributed by atoms with Crippen LogP contribution in [0.15, 0.2) is 66.2 Å². The number of carbonyl (C=O) groups is 2. The van der Waals surface area contributed by atoms with Gasteiger partial charge in [0.05, 0.1) is 23.7 Å². The van der Waals surface area contributed by atoms with Crippen molar-refractivity contribution >= 4 is 34.7 Å². The van der Waals surface area contributed by atoms with E-state index in [9.17, 15) is 19.1 Å². The lowest BCUT2D eigenvalue weighted by Crippen LogP contribution is -2.29. The van der Waals surface area contributed by atoms with Gasteiger partial charge in [-0.25, -0.2) is 4.39 Å². The van der Waals surface area contributed by atoms with Crippen molar-refractivity contribution in [2.75, 3.05) is 12.0 Å². The van der Waals surface area contributed by atoms with Gasteiger partial charge < -0.3 is 9.84 Å². The van der Waals surface area contributed by atoms with Gasteiger partial charge in [-0.05, 0) is 78.8 Å². The highest BCUT2D eigenvalue weighted by Crippen LogP contribution is 2.43. The second-order valence-electron chi connectivity index (χ2n) is 8.73. The number of hydrogen-bond donors (Lipinski definition) is 1. The SMILES string of the molecule is COc1ccc(C2/C(=C(/O)c3ccc4c(c3)CCCC4)C(=O)C(=O)N2c2ccc(F)c(Cl)c2)cc1. The summed E-state index contributed by atoms with van der Waals surface area (Å²) < 4.78 is 19.1. The molecule has 1 aliphatic heterocycles. The second kappa shape index (κ2) is 9.19. The summed E-state index contributed by atoms with van der Waals surface area (Å²) in [5.74, 6) is -1.92. The minimum Gasteiger partial charge on any atom is -0.507 e. The molecule has 1 unspecified atom stereocenters. The zero-order valence-electron chi connectivity index (χ0n) is 19.1. The van der Waals surface area contributed by atoms with Crippen molar-refractivity contribution in [2.45, 2.75) is 31.7 Å². The van der Waals surface area contributed by atoms with Crippen LogP contribution in [0.3, 0.4) is 0 Å². The first-order valence-electron chi connectivity index (χ1n) is 11.4. The summed E-state index contributed by atoms with van der Waals surface area (Å²) in [6.07, 6.45) is 4.08. The third-order valence-corrected chi connectivity index (χ3v) is 6.97. The molecule has 1 heterocycles. The summed E-state index contributed by atoms with van der Waals surface area (Å²) in [6.45, 7) is 0. The van der Waals surface area contributed by atoms with Crippen molar-refractivity contribution < 1.29 is 23.8 Å². The molecule has 2 aliphatic rings. The van der Waals surface area contributed by atoms with Gasteiger partial charge in [-0.15, -0.1) is 0 Å². The van der Waals surface area contributed by atoms with E-state index in [4.69, 9.17) is 16.3 Å². The number of rotatable bonds is 4. The van der Waals surface area contributed by atoms with Crippen LogP contribution in [-0.4, -0.2) is 23.9 Å². The molecule has 7 heteroatoms. The lowest BCUT2D eigenvalue weighted by molar-refractivity contribution is -0.132. The number of hydrogen-bond acceptors (Lipinski definition) is 4. The number of halogens is 2. The first-order chi connectivity index (χ1) is 16.9. The maximum absolute atomic E-state index is 13.9. The number of methoxy groups -OCH3 is 1. The molecule has 0 spiro atoms. The molecule has 1 atom stereocenters. The Balaban J connectivity index is 1.69. The fourth-order valence-corrected chi connectivity index (χ4v) is 5.05. The highest BCUT2D eigenvalue weighted by molar-refractivity contribution is 6.51. The number of aliphatic hydroxyl groups excluding tert-OH is 1. The van der Waals surface area contributed by atoms with Gasteiger partial charge >= 0.3 is 0 Å². The van der Waals surface area contributed by atoms with Crippen molar-refractivity contribution in [1.29, 1.82) is 0 Å². The van der Waals surface area contributed by atoms with E-state index in [1.165, 1.54) is 29.7 Å². The van der Waals surface area contributed by atoms with E-state index in [1.54, 1.807) is 30.3 Å². The maximum Gasteiger partial charge on any atom is 0.300 e. The van der Waals surface area contributed by atoms with Gasteiger partial charge in [0.25, 0.3) is 11.7 Å². The van der Waals surface area contributed by atoms with Crippen LogP contribution in [0.25, 0.3) is 5.76 Å². The number of ether oxygens (including phenoxy) is 1. The van der Waals surface area contributed by atoms with Gasteiger partial charge in [0.1, 0.15) is 17.3 Å². The van der Waals surface area contributed by atoms with Gasteiger partial charge in [0, 0.05) is 11.3 Å². The Hall–Kier alpha value is -3.64. The average molecular weight is 492 g/mol. The molecule has 3 aromatic carbocycles. The molecule has 3 aromatic rings. The van der Waals surface area contributed by atoms with Crippen LogP contribution >= 0.6 is 11.6 Å². The number of aliphatic hydroxyl groups is 1. The van der Waals surface area contributed by atoms with Gasteiger partial charge in [-0.3, -0.25) is 14.5 Å². The quantitative estimate of drug-likeness (QED) is 0.276. The summed E-state index contributed by atoms with van der Waals surface area (Å²) in [7, 11) is 1.54. The molecule has 0 radical (unpaired) electrons. The Morgan fingerprint density at radius 1 is 1.00 bits per heavy atom. The summed E-state index contributed by atoms with van der Waals surface area (Å²) in [4.78, 5) is 27.8. The number of fused-ring (bicyclic) bond motifs is 1. The van der Waals surface area contributed by atoms with Gasteiger partial charge in [-0.2, -0.15) is 0 Å². The Bertz CT molecular complexity index is 1370. The predicted molar refractivity (Wildman–Crippen MR) is 132 cm³/mol. The number of nitrogens with zero attached hydrogens (tertiary/aromatic N) is 1. The summed E-state index contributed by atoms with van der Waals surface area (Å²) >= 11 is 6.00. The van der Waals surface area contributed by atoms with Crippen LogP contribution in [0.4, 0.5) is 10.1 Å². The molecule has 178 valence electrons. The maximum atomic E-state index is 13.9. The van der Waals surface area contributed by atoms with Crippen LogP contribution in [-0.2, 0) is 22.4 Å². The molecule has 1 aliphatic carbocycles. The first-order valence-corrected chi connectivity index (χ1v) is 11.8. The zero-order chi connectivity index (χ0) is 24.7. The predicted octanol–water partition coefficient (Wildman–Crippen LogP) is 5.99. The Morgan fingerprint density at radius 2 is 1.71 bits per heavy atom. The van der Waals surface area contributed by atoms with E-state index in [-0.39, 0.29) is 22.0 Å². The molecule has 1 amide bonds. The smallest absolute Gasteiger partial charge is 0.300 e. The molecular formula is C28H23ClFNO4. The molecule has 1 N–H and O–H groups in total. The molecule has 0 bridgehead atoms. The van der Waals surface area contributed by atoms with Crippen molar-refractivity contribution in [3.63, 3.8) is 0 Å². The minimum absolute atomic E-state index is 0.0311. The Kier molecular flexibility index (Phi) is 6.07. The summed E-state index contributed by atoms with van der Waals surface area (Å²) in [5, 5.41) is 11.2. The van der Waals surface area contributed by atoms with Crippen LogP contribution < -0.4 is 9.64 Å². The average Bonchev–Trinajstić information content (AvgIpc) is 3.15. The molecule has 0 saturated carbocycles. The normalized spacial score (nSPS) is 19.1. The number of Topliss-reactive ketones (excluding diaryl/α,β-unsaturated/α-hetero) is 1. The monoisotopic (exact) mass is 491 g/mol. The molecular weight excluding hydrogens is 469 g/mol. The van der Waals surface area contributed by atoms with E-state index in [0.717, 1.165) is 37.3 Å². The van der Waals surface area contributed by atoms with Crippen molar-refractivity contribution in [3.05, 3.63) is 99.3 Å². The minimum atomic E-state index is -0.932. The molecule has 1 saturated heterocycles. The molecule has 35 heavy (non-hydrogen) atoms. The number of benzene rings is 3. The Labute approximate surface area is 207 Å². The van der Waals surface area contributed by atoms with Crippen LogP contribution in [0.2, 0.25) is 5.02 Å². The van der Waals surface area contributed by atoms with E-state index in [2.05, 4.69) is 0 Å². The van der Waals surface area contributed by atoms with E-state index < -0.39 is 23.5 Å². The number of ketones is 1. The van der Waals surface area contributed by atoms with E-state index >= 15 is 0 Å². The lowest BCUT2D eigenvalue weighted by Gasteiger charge is -2.26.